The first-order chi connectivity index (χ1) is 8.20. The van der Waals surface area contributed by atoms with Crippen LogP contribution in [0.1, 0.15) is 18.9 Å². The maximum atomic E-state index is 11.8. The van der Waals surface area contributed by atoms with E-state index < -0.39 is 0 Å². The zero-order valence-corrected chi connectivity index (χ0v) is 9.97. The molecule has 1 saturated heterocycles. The van der Waals surface area contributed by atoms with Gasteiger partial charge >= 0.3 is 0 Å². The highest BCUT2D eigenvalue weighted by atomic mass is 16.2. The van der Waals surface area contributed by atoms with Crippen LogP contribution in [0.4, 0.5) is 0 Å². The van der Waals surface area contributed by atoms with E-state index in [1.807, 2.05) is 23.2 Å². The molecule has 88 valence electrons. The molecule has 0 N–H and O–H groups in total. The predicted octanol–water partition coefficient (Wildman–Crippen LogP) is 1.49. The normalized spacial score (nSPS) is 21.3. The van der Waals surface area contributed by atoms with Gasteiger partial charge in [-0.2, -0.15) is 0 Å². The number of hydrogen-bond acceptors (Lipinski definition) is 2. The van der Waals surface area contributed by atoms with Gasteiger partial charge in [0.2, 0.25) is 5.91 Å². The minimum atomic E-state index is 0.0823. The summed E-state index contributed by atoms with van der Waals surface area (Å²) in [5, 5.41) is 0. The van der Waals surface area contributed by atoms with Gasteiger partial charge < -0.3 is 4.90 Å². The van der Waals surface area contributed by atoms with Crippen LogP contribution >= 0.6 is 0 Å². The van der Waals surface area contributed by atoms with Gasteiger partial charge in [-0.1, -0.05) is 6.07 Å². The Bertz CT molecular complexity index is 435. The molecule has 1 aromatic rings. The molecule has 2 heterocycles. The smallest absolute Gasteiger partial charge is 0.224 e. The Balaban J connectivity index is 2.00. The standard InChI is InChI=1S/C14H16N2O/c1-3-12-8-14(17)16(10-12)11(2)7-13-5-4-6-15-9-13/h1,4-6,9,11-12H,7-8,10H2,2H3. The lowest BCUT2D eigenvalue weighted by atomic mass is 10.1. The Kier molecular flexibility index (Phi) is 3.43. The number of rotatable bonds is 3. The molecule has 1 aromatic heterocycles. The minimum Gasteiger partial charge on any atom is -0.338 e. The number of carbonyl (C=O) groups excluding carboxylic acids is 1. The van der Waals surface area contributed by atoms with Crippen molar-refractivity contribution < 1.29 is 4.79 Å². The molecule has 17 heavy (non-hydrogen) atoms. The number of terminal acetylenes is 1. The average Bonchev–Trinajstić information content (AvgIpc) is 2.72. The summed E-state index contributed by atoms with van der Waals surface area (Å²) in [5.74, 6) is 2.92. The Hall–Kier alpha value is -1.82. The van der Waals surface area contributed by atoms with Gasteiger partial charge in [-0.15, -0.1) is 12.3 Å². The Morgan fingerprint density at radius 3 is 3.12 bits per heavy atom. The number of hydrogen-bond donors (Lipinski definition) is 0. The quantitative estimate of drug-likeness (QED) is 0.734. The van der Waals surface area contributed by atoms with Gasteiger partial charge in [0, 0.05) is 37.3 Å². The highest BCUT2D eigenvalue weighted by molar-refractivity contribution is 5.79. The molecule has 3 nitrogen and oxygen atoms in total. The summed E-state index contributed by atoms with van der Waals surface area (Å²) < 4.78 is 0. The van der Waals surface area contributed by atoms with E-state index in [-0.39, 0.29) is 17.9 Å². The SMILES string of the molecule is C#CC1CC(=O)N(C(C)Cc2cccnc2)C1. The van der Waals surface area contributed by atoms with Crippen LogP contribution in [0.15, 0.2) is 24.5 Å². The second-order valence-corrected chi connectivity index (χ2v) is 4.53. The first-order valence-corrected chi connectivity index (χ1v) is 5.85. The van der Waals surface area contributed by atoms with Crippen molar-refractivity contribution in [1.82, 2.24) is 9.88 Å². The van der Waals surface area contributed by atoms with Crippen molar-refractivity contribution in [2.24, 2.45) is 5.92 Å². The van der Waals surface area contributed by atoms with E-state index in [2.05, 4.69) is 17.8 Å². The van der Waals surface area contributed by atoms with E-state index in [9.17, 15) is 4.79 Å². The van der Waals surface area contributed by atoms with Crippen LogP contribution in [0.2, 0.25) is 0 Å². The molecule has 2 atom stereocenters. The number of likely N-dealkylation sites (tertiary alicyclic amines) is 1. The van der Waals surface area contributed by atoms with Crippen LogP contribution in [-0.2, 0) is 11.2 Å². The molecule has 1 aliphatic heterocycles. The van der Waals surface area contributed by atoms with Gasteiger partial charge in [0.05, 0.1) is 0 Å². The maximum absolute atomic E-state index is 11.8. The third-order valence-electron chi connectivity index (χ3n) is 3.18. The topological polar surface area (TPSA) is 33.2 Å². The first kappa shape index (κ1) is 11.7. The molecular weight excluding hydrogens is 212 g/mol. The molecular formula is C14H16N2O. The van der Waals surface area contributed by atoms with E-state index in [1.54, 1.807) is 6.20 Å². The fourth-order valence-electron chi connectivity index (χ4n) is 2.24. The Morgan fingerprint density at radius 2 is 2.53 bits per heavy atom. The second-order valence-electron chi connectivity index (χ2n) is 4.53. The van der Waals surface area contributed by atoms with Crippen molar-refractivity contribution in [3.63, 3.8) is 0 Å². The molecule has 0 radical (unpaired) electrons. The van der Waals surface area contributed by atoms with Crippen LogP contribution in [0.25, 0.3) is 0 Å². The van der Waals surface area contributed by atoms with Crippen LogP contribution in [0.5, 0.6) is 0 Å². The number of aromatic nitrogens is 1. The molecule has 0 aliphatic carbocycles. The lowest BCUT2D eigenvalue weighted by Crippen LogP contribution is -2.35. The highest BCUT2D eigenvalue weighted by Crippen LogP contribution is 2.20. The van der Waals surface area contributed by atoms with Crippen molar-refractivity contribution in [1.29, 1.82) is 0 Å². The zero-order chi connectivity index (χ0) is 12.3. The van der Waals surface area contributed by atoms with Gasteiger partial charge in [-0.3, -0.25) is 9.78 Å². The molecule has 1 fully saturated rings. The fourth-order valence-corrected chi connectivity index (χ4v) is 2.24. The molecule has 3 heteroatoms. The highest BCUT2D eigenvalue weighted by Gasteiger charge is 2.31. The number of nitrogens with zero attached hydrogens (tertiary/aromatic N) is 2. The third-order valence-corrected chi connectivity index (χ3v) is 3.18. The minimum absolute atomic E-state index is 0.0823. The van der Waals surface area contributed by atoms with Crippen molar-refractivity contribution in [2.75, 3.05) is 6.54 Å². The largest absolute Gasteiger partial charge is 0.338 e. The van der Waals surface area contributed by atoms with Crippen LogP contribution in [-0.4, -0.2) is 28.4 Å². The average molecular weight is 228 g/mol. The van der Waals surface area contributed by atoms with Gasteiger partial charge in [0.15, 0.2) is 0 Å². The van der Waals surface area contributed by atoms with E-state index >= 15 is 0 Å². The summed E-state index contributed by atoms with van der Waals surface area (Å²) in [5.41, 5.74) is 1.15. The van der Waals surface area contributed by atoms with E-state index in [0.29, 0.717) is 13.0 Å². The number of carbonyl (C=O) groups is 1. The summed E-state index contributed by atoms with van der Waals surface area (Å²) in [6.45, 7) is 2.75. The number of amides is 1. The van der Waals surface area contributed by atoms with E-state index in [0.717, 1.165) is 12.0 Å². The van der Waals surface area contributed by atoms with Crippen molar-refractivity contribution >= 4 is 5.91 Å². The lowest BCUT2D eigenvalue weighted by molar-refractivity contribution is -0.129. The molecule has 2 unspecified atom stereocenters. The first-order valence-electron chi connectivity index (χ1n) is 5.85. The van der Waals surface area contributed by atoms with E-state index in [4.69, 9.17) is 6.42 Å². The molecule has 0 bridgehead atoms. The summed E-state index contributed by atoms with van der Waals surface area (Å²) >= 11 is 0. The summed E-state index contributed by atoms with van der Waals surface area (Å²) in [7, 11) is 0. The van der Waals surface area contributed by atoms with Gasteiger partial charge in [-0.05, 0) is 25.0 Å². The number of pyridine rings is 1. The van der Waals surface area contributed by atoms with Gasteiger partial charge in [0.1, 0.15) is 0 Å². The maximum Gasteiger partial charge on any atom is 0.224 e. The Labute approximate surface area is 102 Å². The molecule has 0 saturated carbocycles. The summed E-state index contributed by atoms with van der Waals surface area (Å²) in [4.78, 5) is 17.8. The Morgan fingerprint density at radius 1 is 1.71 bits per heavy atom. The van der Waals surface area contributed by atoms with Gasteiger partial charge in [-0.25, -0.2) is 0 Å². The van der Waals surface area contributed by atoms with Crippen molar-refractivity contribution in [3.05, 3.63) is 30.1 Å². The molecule has 1 amide bonds. The van der Waals surface area contributed by atoms with E-state index in [1.165, 1.54) is 0 Å². The summed E-state index contributed by atoms with van der Waals surface area (Å²) in [6, 6.07) is 4.13. The van der Waals surface area contributed by atoms with Crippen LogP contribution < -0.4 is 0 Å². The zero-order valence-electron chi connectivity index (χ0n) is 9.97. The monoisotopic (exact) mass is 228 g/mol. The molecule has 2 rings (SSSR count). The van der Waals surface area contributed by atoms with Crippen LogP contribution in [0.3, 0.4) is 0 Å². The van der Waals surface area contributed by atoms with Crippen LogP contribution in [0, 0.1) is 18.3 Å². The van der Waals surface area contributed by atoms with Gasteiger partial charge in [0.25, 0.3) is 0 Å². The predicted molar refractivity (Wildman–Crippen MR) is 66.1 cm³/mol. The third kappa shape index (κ3) is 2.65. The second kappa shape index (κ2) is 5.01. The van der Waals surface area contributed by atoms with Crippen molar-refractivity contribution in [2.45, 2.75) is 25.8 Å². The molecule has 0 aromatic carbocycles. The molecule has 0 spiro atoms. The lowest BCUT2D eigenvalue weighted by Gasteiger charge is -2.24. The van der Waals surface area contributed by atoms with Crippen molar-refractivity contribution in [3.8, 4) is 12.3 Å². The summed E-state index contributed by atoms with van der Waals surface area (Å²) in [6.07, 6.45) is 10.3. The fraction of sp³-hybridized carbons (Fsp3) is 0.429. The molecule has 1 aliphatic rings.